The molecule has 110 valence electrons. The number of hydrogen-bond acceptors (Lipinski definition) is 7. The van der Waals surface area contributed by atoms with Crippen LogP contribution in [0.25, 0.3) is 0 Å². The lowest BCUT2D eigenvalue weighted by atomic mass is 10.2. The van der Waals surface area contributed by atoms with Gasteiger partial charge in [-0.25, -0.2) is 0 Å². The molecule has 21 heavy (non-hydrogen) atoms. The number of nitrogens with zero attached hydrogens (tertiary/aromatic N) is 2. The summed E-state index contributed by atoms with van der Waals surface area (Å²) in [5.41, 5.74) is 5.56. The number of halogens is 1. The summed E-state index contributed by atoms with van der Waals surface area (Å²) < 4.78 is 5.12. The van der Waals surface area contributed by atoms with Crippen molar-refractivity contribution in [2.45, 2.75) is 11.8 Å². The summed E-state index contributed by atoms with van der Waals surface area (Å²) in [6.45, 7) is 0.130. The first kappa shape index (κ1) is 15.5. The van der Waals surface area contributed by atoms with E-state index in [0.29, 0.717) is 0 Å². The smallest absolute Gasteiger partial charge is 0.277 e. The number of hydrogen-bond donors (Lipinski definition) is 2. The van der Waals surface area contributed by atoms with Gasteiger partial charge in [0.1, 0.15) is 0 Å². The molecule has 1 heterocycles. The van der Waals surface area contributed by atoms with Crippen LogP contribution >= 0.6 is 23.4 Å². The Hall–Kier alpha value is -1.90. The Morgan fingerprint density at radius 3 is 2.76 bits per heavy atom. The van der Waals surface area contributed by atoms with Crippen molar-refractivity contribution < 1.29 is 14.0 Å². The first-order chi connectivity index (χ1) is 10.1. The fourth-order valence-corrected chi connectivity index (χ4v) is 2.18. The van der Waals surface area contributed by atoms with Gasteiger partial charge in [-0.2, -0.15) is 0 Å². The molecule has 0 radical (unpaired) electrons. The Labute approximate surface area is 129 Å². The summed E-state index contributed by atoms with van der Waals surface area (Å²) in [4.78, 5) is 23.5. The minimum absolute atomic E-state index is 0.0393. The Morgan fingerprint density at radius 1 is 1.33 bits per heavy atom. The highest BCUT2D eigenvalue weighted by Gasteiger charge is 2.14. The molecule has 2 rings (SSSR count). The fraction of sp³-hybridized carbons (Fsp3) is 0.167. The molecule has 0 unspecified atom stereocenters. The average molecular weight is 327 g/mol. The summed E-state index contributed by atoms with van der Waals surface area (Å²) >= 11 is 6.88. The molecule has 7 nitrogen and oxygen atoms in total. The van der Waals surface area contributed by atoms with Gasteiger partial charge >= 0.3 is 0 Å². The molecule has 1 aromatic heterocycles. The standard InChI is InChI=1S/C12H11ClN4O3S/c13-8-4-2-1-3-7(8)11(19)15-9(18)6-21-12-17-16-10(5-14)20-12/h1-4H,5-6,14H2,(H,15,18,19). The van der Waals surface area contributed by atoms with Crippen LogP contribution in [0, 0.1) is 0 Å². The highest BCUT2D eigenvalue weighted by Crippen LogP contribution is 2.16. The van der Waals surface area contributed by atoms with Crippen LogP contribution in [-0.2, 0) is 11.3 Å². The molecule has 0 fully saturated rings. The molecule has 0 aliphatic rings. The number of amides is 2. The molecule has 0 saturated heterocycles. The molecule has 2 amide bonds. The Bertz CT molecular complexity index is 661. The topological polar surface area (TPSA) is 111 Å². The maximum Gasteiger partial charge on any atom is 0.277 e. The van der Waals surface area contributed by atoms with Gasteiger partial charge in [-0.3, -0.25) is 14.9 Å². The van der Waals surface area contributed by atoms with Crippen molar-refractivity contribution in [2.75, 3.05) is 5.75 Å². The third kappa shape index (κ3) is 4.28. The number of carbonyl (C=O) groups excluding carboxylic acids is 2. The Kier molecular flexibility index (Phi) is 5.32. The van der Waals surface area contributed by atoms with E-state index >= 15 is 0 Å². The quantitative estimate of drug-likeness (QED) is 0.795. The summed E-state index contributed by atoms with van der Waals surface area (Å²) in [6, 6.07) is 6.46. The summed E-state index contributed by atoms with van der Waals surface area (Å²) in [5, 5.41) is 10.1. The summed E-state index contributed by atoms with van der Waals surface area (Å²) in [7, 11) is 0. The molecule has 1 aromatic carbocycles. The van der Waals surface area contributed by atoms with Crippen molar-refractivity contribution in [1.82, 2.24) is 15.5 Å². The van der Waals surface area contributed by atoms with Gasteiger partial charge in [-0.15, -0.1) is 10.2 Å². The maximum atomic E-state index is 11.8. The van der Waals surface area contributed by atoms with E-state index < -0.39 is 11.8 Å². The molecule has 3 N–H and O–H groups in total. The van der Waals surface area contributed by atoms with Gasteiger partial charge in [-0.05, 0) is 12.1 Å². The van der Waals surface area contributed by atoms with Crippen LogP contribution in [0.3, 0.4) is 0 Å². The molecule has 9 heteroatoms. The Morgan fingerprint density at radius 2 is 2.10 bits per heavy atom. The second kappa shape index (κ2) is 7.21. The van der Waals surface area contributed by atoms with Crippen molar-refractivity contribution in [3.63, 3.8) is 0 Å². The number of imide groups is 1. The van der Waals surface area contributed by atoms with Gasteiger partial charge in [-0.1, -0.05) is 35.5 Å². The second-order valence-electron chi connectivity index (χ2n) is 3.81. The minimum Gasteiger partial charge on any atom is -0.415 e. The van der Waals surface area contributed by atoms with Gasteiger partial charge in [0.15, 0.2) is 0 Å². The van der Waals surface area contributed by atoms with E-state index in [1.807, 2.05) is 0 Å². The van der Waals surface area contributed by atoms with Crippen LogP contribution in [0.15, 0.2) is 33.9 Å². The van der Waals surface area contributed by atoms with Crippen molar-refractivity contribution in [3.05, 3.63) is 40.7 Å². The van der Waals surface area contributed by atoms with Crippen LogP contribution in [-0.4, -0.2) is 27.8 Å². The van der Waals surface area contributed by atoms with Crippen LogP contribution in [0.5, 0.6) is 0 Å². The number of nitrogens with one attached hydrogen (secondary N) is 1. The maximum absolute atomic E-state index is 11.8. The van der Waals surface area contributed by atoms with Crippen molar-refractivity contribution in [1.29, 1.82) is 0 Å². The molecule has 0 aliphatic carbocycles. The zero-order valence-electron chi connectivity index (χ0n) is 10.7. The molecule has 0 aliphatic heterocycles. The van der Waals surface area contributed by atoms with E-state index in [0.717, 1.165) is 11.8 Å². The predicted molar refractivity (Wildman–Crippen MR) is 76.8 cm³/mol. The molecular weight excluding hydrogens is 316 g/mol. The van der Waals surface area contributed by atoms with Crippen LogP contribution in [0.2, 0.25) is 5.02 Å². The third-order valence-corrected chi connectivity index (χ3v) is 3.47. The van der Waals surface area contributed by atoms with E-state index in [9.17, 15) is 9.59 Å². The van der Waals surface area contributed by atoms with Gasteiger partial charge in [0.2, 0.25) is 11.8 Å². The normalized spacial score (nSPS) is 10.4. The number of thioether (sulfide) groups is 1. The lowest BCUT2D eigenvalue weighted by molar-refractivity contribution is -0.117. The van der Waals surface area contributed by atoms with Gasteiger partial charge < -0.3 is 10.2 Å². The minimum atomic E-state index is -0.556. The first-order valence-corrected chi connectivity index (χ1v) is 7.20. The summed E-state index contributed by atoms with van der Waals surface area (Å²) in [5.74, 6) is -0.801. The van der Waals surface area contributed by atoms with Crippen molar-refractivity contribution >= 4 is 35.2 Å². The van der Waals surface area contributed by atoms with Gasteiger partial charge in [0, 0.05) is 0 Å². The van der Waals surface area contributed by atoms with E-state index in [4.69, 9.17) is 21.8 Å². The number of benzene rings is 1. The van der Waals surface area contributed by atoms with Crippen molar-refractivity contribution in [2.24, 2.45) is 5.73 Å². The van der Waals surface area contributed by atoms with Crippen molar-refractivity contribution in [3.8, 4) is 0 Å². The third-order valence-electron chi connectivity index (χ3n) is 2.32. The first-order valence-electron chi connectivity index (χ1n) is 5.84. The fourth-order valence-electron chi connectivity index (χ4n) is 1.38. The number of nitrogens with two attached hydrogens (primary N) is 1. The highest BCUT2D eigenvalue weighted by molar-refractivity contribution is 7.99. The zero-order valence-corrected chi connectivity index (χ0v) is 12.3. The average Bonchev–Trinajstić information content (AvgIpc) is 2.93. The lowest BCUT2D eigenvalue weighted by Gasteiger charge is -2.04. The second-order valence-corrected chi connectivity index (χ2v) is 5.15. The van der Waals surface area contributed by atoms with E-state index in [-0.39, 0.29) is 34.0 Å². The van der Waals surface area contributed by atoms with Crippen LogP contribution < -0.4 is 11.1 Å². The lowest BCUT2D eigenvalue weighted by Crippen LogP contribution is -2.32. The molecule has 2 aromatic rings. The molecule has 0 atom stereocenters. The van der Waals surface area contributed by atoms with E-state index in [1.54, 1.807) is 18.2 Å². The zero-order chi connectivity index (χ0) is 15.2. The highest BCUT2D eigenvalue weighted by atomic mass is 35.5. The number of rotatable bonds is 5. The van der Waals surface area contributed by atoms with Gasteiger partial charge in [0.25, 0.3) is 11.1 Å². The molecular formula is C12H11ClN4O3S. The predicted octanol–water partition coefficient (Wildman–Crippen LogP) is 1.23. The number of carbonyl (C=O) groups is 2. The summed E-state index contributed by atoms with van der Waals surface area (Å²) in [6.07, 6.45) is 0. The van der Waals surface area contributed by atoms with Crippen LogP contribution in [0.1, 0.15) is 16.2 Å². The Balaban J connectivity index is 1.87. The van der Waals surface area contributed by atoms with Crippen LogP contribution in [0.4, 0.5) is 0 Å². The molecule has 0 saturated carbocycles. The monoisotopic (exact) mass is 326 g/mol. The van der Waals surface area contributed by atoms with E-state index in [2.05, 4.69) is 15.5 Å². The molecule has 0 spiro atoms. The van der Waals surface area contributed by atoms with Gasteiger partial charge in [0.05, 0.1) is 22.9 Å². The van der Waals surface area contributed by atoms with E-state index in [1.165, 1.54) is 6.07 Å². The largest absolute Gasteiger partial charge is 0.415 e. The SMILES string of the molecule is NCc1nnc(SCC(=O)NC(=O)c2ccccc2Cl)o1. The number of aromatic nitrogens is 2. The molecule has 0 bridgehead atoms.